The first kappa shape index (κ1) is 16.3. The highest BCUT2D eigenvalue weighted by atomic mass is 32.1. The lowest BCUT2D eigenvalue weighted by Crippen LogP contribution is -2.73. The minimum absolute atomic E-state index is 0.0209. The molecule has 1 N–H and O–H groups in total. The van der Waals surface area contributed by atoms with Crippen LogP contribution in [0.1, 0.15) is 51.2 Å². The molecule has 0 aromatic carbocycles. The number of H-pyrrole nitrogens is 1. The Kier molecular flexibility index (Phi) is 3.72. The van der Waals surface area contributed by atoms with E-state index in [4.69, 9.17) is 0 Å². The minimum atomic E-state index is -0.0209. The van der Waals surface area contributed by atoms with Gasteiger partial charge in [-0.1, -0.05) is 13.8 Å². The van der Waals surface area contributed by atoms with E-state index in [2.05, 4.69) is 24.0 Å². The van der Waals surface area contributed by atoms with Crippen molar-refractivity contribution in [3.05, 3.63) is 39.3 Å². The number of thiophene rings is 1. The van der Waals surface area contributed by atoms with Gasteiger partial charge in [-0.15, -0.1) is 11.3 Å². The van der Waals surface area contributed by atoms with Crippen LogP contribution in [0.15, 0.2) is 17.5 Å². The van der Waals surface area contributed by atoms with Gasteiger partial charge in [-0.25, -0.2) is 0 Å². The van der Waals surface area contributed by atoms with Gasteiger partial charge in [-0.3, -0.25) is 14.7 Å². The number of hydrogen-bond acceptors (Lipinski definition) is 4. The molecule has 2 aromatic rings. The largest absolute Gasteiger partial charge is 0.336 e. The number of nitrogens with zero attached hydrogens (tertiary/aromatic N) is 3. The molecule has 7 heteroatoms. The molecule has 0 saturated carbocycles. The number of hydrogen-bond donors (Lipinski definition) is 1. The number of rotatable bonds is 3. The molecule has 2 amide bonds. The number of carbonyl (C=O) groups excluding carboxylic acids is 2. The molecule has 2 fully saturated rings. The Bertz CT molecular complexity index is 824. The zero-order valence-corrected chi connectivity index (χ0v) is 15.5. The van der Waals surface area contributed by atoms with Gasteiger partial charge in [0.15, 0.2) is 0 Å². The molecular formula is C18H22N4O2S. The molecule has 4 heterocycles. The maximum absolute atomic E-state index is 12.5. The number of amides is 2. The van der Waals surface area contributed by atoms with Crippen LogP contribution in [0.4, 0.5) is 0 Å². The highest BCUT2D eigenvalue weighted by molar-refractivity contribution is 7.12. The van der Waals surface area contributed by atoms with Crippen molar-refractivity contribution < 1.29 is 9.59 Å². The first-order valence-electron chi connectivity index (χ1n) is 8.56. The summed E-state index contributed by atoms with van der Waals surface area (Å²) < 4.78 is 0. The maximum Gasteiger partial charge on any atom is 0.274 e. The lowest BCUT2D eigenvalue weighted by molar-refractivity contribution is -0.0822. The monoisotopic (exact) mass is 358 g/mol. The summed E-state index contributed by atoms with van der Waals surface area (Å²) in [4.78, 5) is 29.4. The lowest BCUT2D eigenvalue weighted by Gasteiger charge is -2.59. The molecule has 0 atom stereocenters. The summed E-state index contributed by atoms with van der Waals surface area (Å²) in [5, 5.41) is 9.07. The van der Waals surface area contributed by atoms with E-state index >= 15 is 0 Å². The van der Waals surface area contributed by atoms with Gasteiger partial charge in [-0.2, -0.15) is 5.10 Å². The van der Waals surface area contributed by atoms with Crippen molar-refractivity contribution in [1.82, 2.24) is 20.0 Å². The fourth-order valence-electron chi connectivity index (χ4n) is 3.62. The molecule has 2 aliphatic heterocycles. The van der Waals surface area contributed by atoms with Crippen LogP contribution in [0.2, 0.25) is 0 Å². The van der Waals surface area contributed by atoms with Gasteiger partial charge < -0.3 is 9.80 Å². The second-order valence-corrected chi connectivity index (χ2v) is 8.59. The molecule has 25 heavy (non-hydrogen) atoms. The standard InChI is InChI=1S/C18H22N4O2S/c1-11(2)13-5-14(20-19-13)16(23)21-7-18(8-21)9-22(10-18)17(24)15-4-12(3)6-25-15/h4-6,11H,7-10H2,1-3H3,(H,19,20). The van der Waals surface area contributed by atoms with E-state index in [9.17, 15) is 9.59 Å². The third-order valence-corrected chi connectivity index (χ3v) is 6.10. The zero-order valence-electron chi connectivity index (χ0n) is 14.7. The van der Waals surface area contributed by atoms with E-state index in [-0.39, 0.29) is 17.2 Å². The van der Waals surface area contributed by atoms with Crippen molar-refractivity contribution in [3.8, 4) is 0 Å². The van der Waals surface area contributed by atoms with Gasteiger partial charge in [0, 0.05) is 37.3 Å². The Labute approximate surface area is 150 Å². The van der Waals surface area contributed by atoms with Gasteiger partial charge in [0.2, 0.25) is 0 Å². The highest BCUT2D eigenvalue weighted by Gasteiger charge is 2.54. The Morgan fingerprint density at radius 2 is 1.80 bits per heavy atom. The van der Waals surface area contributed by atoms with E-state index in [1.807, 2.05) is 34.2 Å². The molecule has 6 nitrogen and oxygen atoms in total. The third kappa shape index (κ3) is 2.76. The third-order valence-electron chi connectivity index (χ3n) is 5.06. The maximum atomic E-state index is 12.5. The molecule has 4 rings (SSSR count). The van der Waals surface area contributed by atoms with E-state index in [1.165, 1.54) is 11.3 Å². The van der Waals surface area contributed by atoms with Gasteiger partial charge >= 0.3 is 0 Å². The summed E-state index contributed by atoms with van der Waals surface area (Å²) in [6, 6.07) is 3.78. The molecule has 0 bridgehead atoms. The smallest absolute Gasteiger partial charge is 0.274 e. The molecule has 0 aliphatic carbocycles. The molecule has 1 spiro atoms. The topological polar surface area (TPSA) is 69.3 Å². The van der Waals surface area contributed by atoms with Crippen LogP contribution in [0.5, 0.6) is 0 Å². The Morgan fingerprint density at radius 3 is 2.32 bits per heavy atom. The average Bonchev–Trinajstić information content (AvgIpc) is 3.12. The Balaban J connectivity index is 1.32. The predicted octanol–water partition coefficient (Wildman–Crippen LogP) is 2.50. The van der Waals surface area contributed by atoms with E-state index in [1.54, 1.807) is 0 Å². The molecule has 132 valence electrons. The van der Waals surface area contributed by atoms with Gasteiger partial charge in [0.1, 0.15) is 5.69 Å². The molecule has 2 saturated heterocycles. The van der Waals surface area contributed by atoms with Gasteiger partial charge in [0.25, 0.3) is 11.8 Å². The molecule has 2 aromatic heterocycles. The highest BCUT2D eigenvalue weighted by Crippen LogP contribution is 2.41. The second-order valence-electron chi connectivity index (χ2n) is 7.67. The van der Waals surface area contributed by atoms with Crippen molar-refractivity contribution >= 4 is 23.2 Å². The van der Waals surface area contributed by atoms with E-state index in [0.717, 1.165) is 29.2 Å². The summed E-state index contributed by atoms with van der Waals surface area (Å²) >= 11 is 1.50. The first-order chi connectivity index (χ1) is 11.9. The van der Waals surface area contributed by atoms with Crippen LogP contribution in [0.3, 0.4) is 0 Å². The minimum Gasteiger partial charge on any atom is -0.336 e. The molecule has 0 radical (unpaired) electrons. The predicted molar refractivity (Wildman–Crippen MR) is 96.0 cm³/mol. The quantitative estimate of drug-likeness (QED) is 0.916. The number of carbonyl (C=O) groups is 2. The fraction of sp³-hybridized carbons (Fsp3) is 0.500. The van der Waals surface area contributed by atoms with Crippen LogP contribution in [-0.2, 0) is 0 Å². The van der Waals surface area contributed by atoms with Crippen LogP contribution in [0, 0.1) is 12.3 Å². The zero-order chi connectivity index (χ0) is 17.8. The van der Waals surface area contributed by atoms with E-state index < -0.39 is 0 Å². The Morgan fingerprint density at radius 1 is 1.16 bits per heavy atom. The number of likely N-dealkylation sites (tertiary alicyclic amines) is 2. The van der Waals surface area contributed by atoms with Crippen molar-refractivity contribution in [1.29, 1.82) is 0 Å². The van der Waals surface area contributed by atoms with E-state index in [0.29, 0.717) is 24.7 Å². The van der Waals surface area contributed by atoms with Gasteiger partial charge in [-0.05, 0) is 35.9 Å². The number of aryl methyl sites for hydroxylation is 1. The molecule has 0 unspecified atom stereocenters. The van der Waals surface area contributed by atoms with Crippen molar-refractivity contribution in [2.75, 3.05) is 26.2 Å². The van der Waals surface area contributed by atoms with Crippen LogP contribution < -0.4 is 0 Å². The molecular weight excluding hydrogens is 336 g/mol. The summed E-state index contributed by atoms with van der Waals surface area (Å²) in [7, 11) is 0. The lowest BCUT2D eigenvalue weighted by atomic mass is 9.72. The summed E-state index contributed by atoms with van der Waals surface area (Å²) in [6.45, 7) is 9.03. The van der Waals surface area contributed by atoms with Crippen LogP contribution in [0.25, 0.3) is 0 Å². The van der Waals surface area contributed by atoms with Crippen molar-refractivity contribution in [3.63, 3.8) is 0 Å². The first-order valence-corrected chi connectivity index (χ1v) is 9.44. The van der Waals surface area contributed by atoms with Crippen molar-refractivity contribution in [2.45, 2.75) is 26.7 Å². The Hall–Kier alpha value is -2.15. The van der Waals surface area contributed by atoms with Crippen LogP contribution >= 0.6 is 11.3 Å². The summed E-state index contributed by atoms with van der Waals surface area (Å²) in [5.74, 6) is 0.415. The molecule has 2 aliphatic rings. The van der Waals surface area contributed by atoms with Crippen molar-refractivity contribution in [2.24, 2.45) is 5.41 Å². The number of aromatic nitrogens is 2. The SMILES string of the molecule is Cc1csc(C(=O)N2CC3(CN(C(=O)c4cc(C(C)C)[nH]n4)C3)C2)c1. The number of aromatic amines is 1. The normalized spacial score (nSPS) is 18.4. The van der Waals surface area contributed by atoms with Crippen LogP contribution in [-0.4, -0.2) is 58.0 Å². The summed E-state index contributed by atoms with van der Waals surface area (Å²) in [6.07, 6.45) is 0. The fourth-order valence-corrected chi connectivity index (χ4v) is 4.48. The summed E-state index contributed by atoms with van der Waals surface area (Å²) in [5.41, 5.74) is 2.68. The van der Waals surface area contributed by atoms with Gasteiger partial charge in [0.05, 0.1) is 4.88 Å². The average molecular weight is 358 g/mol. The number of nitrogens with one attached hydrogen (secondary N) is 1. The second kappa shape index (κ2) is 5.69.